The maximum Gasteiger partial charge on any atom is 0.257 e. The number of likely N-dealkylation sites (tertiary alicyclic amines) is 2. The largest absolute Gasteiger partial charge is 0.472 e. The van der Waals surface area contributed by atoms with Crippen LogP contribution in [0.5, 0.6) is 0 Å². The highest BCUT2D eigenvalue weighted by molar-refractivity contribution is 5.93. The van der Waals surface area contributed by atoms with Crippen LogP contribution in [0.2, 0.25) is 0 Å². The van der Waals surface area contributed by atoms with Crippen molar-refractivity contribution in [1.29, 1.82) is 0 Å². The molecule has 3 heterocycles. The van der Waals surface area contributed by atoms with Crippen LogP contribution in [0.3, 0.4) is 0 Å². The molecule has 1 aromatic heterocycles. The van der Waals surface area contributed by atoms with Crippen LogP contribution < -0.4 is 0 Å². The molecule has 0 saturated carbocycles. The number of rotatable bonds is 1. The van der Waals surface area contributed by atoms with E-state index in [9.17, 15) is 4.79 Å². The maximum atomic E-state index is 12.4. The zero-order chi connectivity index (χ0) is 13.3. The van der Waals surface area contributed by atoms with Gasteiger partial charge < -0.3 is 14.2 Å². The van der Waals surface area contributed by atoms with Crippen molar-refractivity contribution in [3.05, 3.63) is 24.2 Å². The second-order valence-electron chi connectivity index (χ2n) is 6.15. The first-order valence-electron chi connectivity index (χ1n) is 7.19. The summed E-state index contributed by atoms with van der Waals surface area (Å²) in [5, 5.41) is 0. The van der Waals surface area contributed by atoms with Crippen molar-refractivity contribution in [2.24, 2.45) is 5.41 Å². The normalized spacial score (nSPS) is 23.7. The summed E-state index contributed by atoms with van der Waals surface area (Å²) in [4.78, 5) is 16.8. The molecule has 1 aromatic rings. The second-order valence-corrected chi connectivity index (χ2v) is 6.15. The zero-order valence-electron chi connectivity index (χ0n) is 11.6. The van der Waals surface area contributed by atoms with Gasteiger partial charge in [0.2, 0.25) is 0 Å². The highest BCUT2D eigenvalue weighted by Gasteiger charge is 2.39. The molecule has 0 unspecified atom stereocenters. The standard InChI is InChI=1S/C15H22N2O2/c1-16-8-5-15(6-9-16)4-2-7-17(12-15)14(18)13-3-10-19-11-13/h3,10-11H,2,4-9,12H2,1H3. The number of carbonyl (C=O) groups excluding carboxylic acids is 1. The fraction of sp³-hybridized carbons (Fsp3) is 0.667. The average molecular weight is 262 g/mol. The monoisotopic (exact) mass is 262 g/mol. The molecule has 1 amide bonds. The van der Waals surface area contributed by atoms with Crippen LogP contribution in [0.15, 0.2) is 23.0 Å². The van der Waals surface area contributed by atoms with E-state index in [1.165, 1.54) is 19.3 Å². The summed E-state index contributed by atoms with van der Waals surface area (Å²) >= 11 is 0. The minimum Gasteiger partial charge on any atom is -0.472 e. The number of furan rings is 1. The van der Waals surface area contributed by atoms with E-state index in [2.05, 4.69) is 11.9 Å². The van der Waals surface area contributed by atoms with Crippen molar-refractivity contribution in [2.75, 3.05) is 33.2 Å². The van der Waals surface area contributed by atoms with Crippen molar-refractivity contribution in [3.8, 4) is 0 Å². The fourth-order valence-corrected chi connectivity index (χ4v) is 3.45. The maximum absolute atomic E-state index is 12.4. The Morgan fingerprint density at radius 2 is 2.05 bits per heavy atom. The SMILES string of the molecule is CN1CCC2(CCCN(C(=O)c3ccoc3)C2)CC1. The molecule has 0 radical (unpaired) electrons. The molecular weight excluding hydrogens is 240 g/mol. The smallest absolute Gasteiger partial charge is 0.257 e. The molecule has 2 aliphatic heterocycles. The number of amides is 1. The Morgan fingerprint density at radius 1 is 1.26 bits per heavy atom. The van der Waals surface area contributed by atoms with Crippen LogP contribution in [0.4, 0.5) is 0 Å². The van der Waals surface area contributed by atoms with Gasteiger partial charge in [-0.05, 0) is 57.3 Å². The molecule has 1 spiro atoms. The Kier molecular flexibility index (Phi) is 3.35. The predicted octanol–water partition coefficient (Wildman–Crippen LogP) is 2.23. The van der Waals surface area contributed by atoms with Crippen LogP contribution in [-0.4, -0.2) is 48.9 Å². The van der Waals surface area contributed by atoms with Gasteiger partial charge in [-0.3, -0.25) is 4.79 Å². The number of nitrogens with zero attached hydrogens (tertiary/aromatic N) is 2. The van der Waals surface area contributed by atoms with Gasteiger partial charge in [0.25, 0.3) is 5.91 Å². The Labute approximate surface area is 114 Å². The molecule has 0 atom stereocenters. The van der Waals surface area contributed by atoms with Gasteiger partial charge >= 0.3 is 0 Å². The summed E-state index contributed by atoms with van der Waals surface area (Å²) < 4.78 is 5.02. The molecule has 4 nitrogen and oxygen atoms in total. The molecule has 4 heteroatoms. The van der Waals surface area contributed by atoms with E-state index in [4.69, 9.17) is 4.42 Å². The molecule has 2 saturated heterocycles. The zero-order valence-corrected chi connectivity index (χ0v) is 11.6. The summed E-state index contributed by atoms with van der Waals surface area (Å²) in [6, 6.07) is 1.76. The molecule has 0 N–H and O–H groups in total. The van der Waals surface area contributed by atoms with E-state index in [1.54, 1.807) is 18.6 Å². The van der Waals surface area contributed by atoms with E-state index in [-0.39, 0.29) is 5.91 Å². The first-order chi connectivity index (χ1) is 9.19. The fourth-order valence-electron chi connectivity index (χ4n) is 3.45. The predicted molar refractivity (Wildman–Crippen MR) is 73.0 cm³/mol. The summed E-state index contributed by atoms with van der Waals surface area (Å²) in [7, 11) is 2.18. The number of hydrogen-bond acceptors (Lipinski definition) is 3. The highest BCUT2D eigenvalue weighted by Crippen LogP contribution is 2.39. The van der Waals surface area contributed by atoms with Crippen LogP contribution in [-0.2, 0) is 0 Å². The van der Waals surface area contributed by atoms with E-state index >= 15 is 0 Å². The van der Waals surface area contributed by atoms with Crippen molar-refractivity contribution in [1.82, 2.24) is 9.80 Å². The van der Waals surface area contributed by atoms with Gasteiger partial charge in [0.1, 0.15) is 6.26 Å². The summed E-state index contributed by atoms with van der Waals surface area (Å²) in [6.07, 6.45) is 7.97. The molecule has 2 aliphatic rings. The molecule has 3 rings (SSSR count). The van der Waals surface area contributed by atoms with E-state index in [1.807, 2.05) is 4.90 Å². The van der Waals surface area contributed by atoms with Crippen molar-refractivity contribution >= 4 is 5.91 Å². The van der Waals surface area contributed by atoms with Gasteiger partial charge in [-0.25, -0.2) is 0 Å². The molecule has 104 valence electrons. The van der Waals surface area contributed by atoms with E-state index in [0.717, 1.165) is 32.6 Å². The number of hydrogen-bond donors (Lipinski definition) is 0. The van der Waals surface area contributed by atoms with Crippen molar-refractivity contribution in [2.45, 2.75) is 25.7 Å². The van der Waals surface area contributed by atoms with E-state index < -0.39 is 0 Å². The number of piperidine rings is 2. The van der Waals surface area contributed by atoms with Crippen LogP contribution in [0.25, 0.3) is 0 Å². The van der Waals surface area contributed by atoms with Gasteiger partial charge in [0.05, 0.1) is 11.8 Å². The van der Waals surface area contributed by atoms with Gasteiger partial charge in [0.15, 0.2) is 0 Å². The lowest BCUT2D eigenvalue weighted by Crippen LogP contribution is -2.50. The summed E-state index contributed by atoms with van der Waals surface area (Å²) in [5.74, 6) is 0.131. The molecule has 0 bridgehead atoms. The molecule has 19 heavy (non-hydrogen) atoms. The molecule has 2 fully saturated rings. The van der Waals surface area contributed by atoms with Crippen LogP contribution >= 0.6 is 0 Å². The average Bonchev–Trinajstić information content (AvgIpc) is 2.96. The topological polar surface area (TPSA) is 36.7 Å². The minimum absolute atomic E-state index is 0.131. The van der Waals surface area contributed by atoms with Gasteiger partial charge in [-0.15, -0.1) is 0 Å². The third-order valence-corrected chi connectivity index (χ3v) is 4.76. The Bertz CT molecular complexity index is 433. The van der Waals surface area contributed by atoms with E-state index in [0.29, 0.717) is 11.0 Å². The molecule has 0 aromatic carbocycles. The Morgan fingerprint density at radius 3 is 2.74 bits per heavy atom. The van der Waals surface area contributed by atoms with Crippen molar-refractivity contribution < 1.29 is 9.21 Å². The minimum atomic E-state index is 0.131. The summed E-state index contributed by atoms with van der Waals surface area (Å²) in [6.45, 7) is 4.13. The Hall–Kier alpha value is -1.29. The quantitative estimate of drug-likeness (QED) is 0.778. The van der Waals surface area contributed by atoms with Crippen molar-refractivity contribution in [3.63, 3.8) is 0 Å². The lowest BCUT2D eigenvalue weighted by molar-refractivity contribution is 0.0261. The molecular formula is C15H22N2O2. The van der Waals surface area contributed by atoms with Crippen LogP contribution in [0, 0.1) is 5.41 Å². The second kappa shape index (κ2) is 5.00. The Balaban J connectivity index is 1.70. The van der Waals surface area contributed by atoms with Gasteiger partial charge in [-0.2, -0.15) is 0 Å². The van der Waals surface area contributed by atoms with Gasteiger partial charge in [-0.1, -0.05) is 0 Å². The molecule has 0 aliphatic carbocycles. The third-order valence-electron chi connectivity index (χ3n) is 4.76. The van der Waals surface area contributed by atoms with Crippen LogP contribution in [0.1, 0.15) is 36.0 Å². The number of carbonyl (C=O) groups is 1. The lowest BCUT2D eigenvalue weighted by atomic mass is 9.72. The third kappa shape index (κ3) is 2.54. The van der Waals surface area contributed by atoms with Gasteiger partial charge in [0, 0.05) is 13.1 Å². The first kappa shape index (κ1) is 12.7. The first-order valence-corrected chi connectivity index (χ1v) is 7.19. The highest BCUT2D eigenvalue weighted by atomic mass is 16.3. The summed E-state index contributed by atoms with van der Waals surface area (Å²) in [5.41, 5.74) is 1.05. The lowest BCUT2D eigenvalue weighted by Gasteiger charge is -2.47.